The molecule has 2 heterocycles. The molecule has 24 heavy (non-hydrogen) atoms. The lowest BCUT2D eigenvalue weighted by Gasteiger charge is -2.19. The van der Waals surface area contributed by atoms with Crippen molar-refractivity contribution in [2.75, 3.05) is 19.6 Å². The molecule has 1 aromatic carbocycles. The van der Waals surface area contributed by atoms with Crippen molar-refractivity contribution in [3.8, 4) is 0 Å². The number of aromatic nitrogens is 1. The van der Waals surface area contributed by atoms with Gasteiger partial charge in [0.2, 0.25) is 0 Å². The van der Waals surface area contributed by atoms with Crippen LogP contribution in [0.1, 0.15) is 53.5 Å². The fourth-order valence-electron chi connectivity index (χ4n) is 3.04. The molecule has 0 radical (unpaired) electrons. The van der Waals surface area contributed by atoms with Crippen LogP contribution < -0.4 is 10.6 Å². The number of unbranched alkanes of at least 4 members (excludes halogenated alkanes) is 1. The molecule has 0 spiro atoms. The van der Waals surface area contributed by atoms with Gasteiger partial charge in [0.1, 0.15) is 6.26 Å². The number of oxazole rings is 1. The third-order valence-corrected chi connectivity index (χ3v) is 4.46. The topological polar surface area (TPSA) is 67.2 Å². The van der Waals surface area contributed by atoms with E-state index in [9.17, 15) is 4.79 Å². The summed E-state index contributed by atoms with van der Waals surface area (Å²) >= 11 is 0. The number of rotatable bonds is 7. The van der Waals surface area contributed by atoms with E-state index in [4.69, 9.17) is 4.42 Å². The van der Waals surface area contributed by atoms with Crippen molar-refractivity contribution in [3.63, 3.8) is 0 Å². The first-order valence-electron chi connectivity index (χ1n) is 8.81. The second-order valence-electron chi connectivity index (χ2n) is 6.29. The van der Waals surface area contributed by atoms with Gasteiger partial charge in [-0.05, 0) is 50.8 Å². The number of nitrogens with one attached hydrogen (secondary N) is 2. The Bertz CT molecular complexity index is 633. The van der Waals surface area contributed by atoms with Gasteiger partial charge in [-0.3, -0.25) is 4.79 Å². The Kier molecular flexibility index (Phi) is 6.01. The quantitative estimate of drug-likeness (QED) is 0.767. The zero-order valence-electron chi connectivity index (χ0n) is 14.0. The molecular formula is C19H25N3O2. The molecule has 1 amide bonds. The molecule has 0 unspecified atom stereocenters. The smallest absolute Gasteiger partial charge is 0.273 e. The van der Waals surface area contributed by atoms with Crippen LogP contribution in [0.3, 0.4) is 0 Å². The summed E-state index contributed by atoms with van der Waals surface area (Å²) in [6.45, 7) is 2.63. The highest BCUT2D eigenvalue weighted by Crippen LogP contribution is 2.24. The maximum atomic E-state index is 12.1. The molecule has 1 aromatic heterocycles. The third kappa shape index (κ3) is 4.68. The van der Waals surface area contributed by atoms with E-state index < -0.39 is 0 Å². The number of benzene rings is 1. The lowest BCUT2D eigenvalue weighted by molar-refractivity contribution is 0.0948. The normalized spacial score (nSPS) is 15.3. The van der Waals surface area contributed by atoms with Crippen LogP contribution in [0.4, 0.5) is 0 Å². The van der Waals surface area contributed by atoms with Gasteiger partial charge in [0.05, 0.1) is 0 Å². The Balaban J connectivity index is 1.38. The van der Waals surface area contributed by atoms with E-state index in [2.05, 4.69) is 39.9 Å². The maximum Gasteiger partial charge on any atom is 0.273 e. The predicted molar refractivity (Wildman–Crippen MR) is 93.1 cm³/mol. The molecule has 1 fully saturated rings. The van der Waals surface area contributed by atoms with Crippen molar-refractivity contribution in [1.29, 1.82) is 0 Å². The van der Waals surface area contributed by atoms with Crippen LogP contribution in [0.2, 0.25) is 0 Å². The molecule has 1 saturated heterocycles. The van der Waals surface area contributed by atoms with E-state index in [1.807, 2.05) is 6.07 Å². The maximum absolute atomic E-state index is 12.1. The van der Waals surface area contributed by atoms with Gasteiger partial charge < -0.3 is 15.1 Å². The summed E-state index contributed by atoms with van der Waals surface area (Å²) in [4.78, 5) is 16.5. The van der Waals surface area contributed by atoms with Crippen LogP contribution in [0, 0.1) is 0 Å². The molecule has 0 atom stereocenters. The van der Waals surface area contributed by atoms with Crippen molar-refractivity contribution >= 4 is 5.91 Å². The Labute approximate surface area is 142 Å². The summed E-state index contributed by atoms with van der Waals surface area (Å²) < 4.78 is 5.51. The SMILES string of the molecule is O=C(NCCCCc1ccccc1)c1coc(C2CCNCC2)n1. The van der Waals surface area contributed by atoms with E-state index in [1.165, 1.54) is 11.8 Å². The second-order valence-corrected chi connectivity index (χ2v) is 6.29. The number of nitrogens with zero attached hydrogens (tertiary/aromatic N) is 1. The highest BCUT2D eigenvalue weighted by Gasteiger charge is 2.21. The first kappa shape index (κ1) is 16.7. The van der Waals surface area contributed by atoms with Crippen molar-refractivity contribution in [1.82, 2.24) is 15.6 Å². The fraction of sp³-hybridized carbons (Fsp3) is 0.474. The van der Waals surface area contributed by atoms with Gasteiger partial charge in [0.15, 0.2) is 11.6 Å². The van der Waals surface area contributed by atoms with Crippen LogP contribution >= 0.6 is 0 Å². The highest BCUT2D eigenvalue weighted by atomic mass is 16.3. The number of piperidine rings is 1. The summed E-state index contributed by atoms with van der Waals surface area (Å²) in [6, 6.07) is 10.4. The van der Waals surface area contributed by atoms with Crippen molar-refractivity contribution in [3.05, 3.63) is 53.7 Å². The van der Waals surface area contributed by atoms with Crippen molar-refractivity contribution in [2.45, 2.75) is 38.0 Å². The van der Waals surface area contributed by atoms with Crippen LogP contribution in [0.25, 0.3) is 0 Å². The molecule has 128 valence electrons. The minimum absolute atomic E-state index is 0.140. The van der Waals surface area contributed by atoms with Crippen molar-refractivity contribution < 1.29 is 9.21 Å². The van der Waals surface area contributed by atoms with E-state index >= 15 is 0 Å². The molecule has 5 heteroatoms. The van der Waals surface area contributed by atoms with Crippen molar-refractivity contribution in [2.24, 2.45) is 0 Å². The van der Waals surface area contributed by atoms with E-state index in [-0.39, 0.29) is 5.91 Å². The summed E-state index contributed by atoms with van der Waals surface area (Å²) in [5.41, 5.74) is 1.73. The zero-order valence-corrected chi connectivity index (χ0v) is 14.0. The summed E-state index contributed by atoms with van der Waals surface area (Å²) in [6.07, 6.45) is 6.57. The molecular weight excluding hydrogens is 302 g/mol. The number of amides is 1. The summed E-state index contributed by atoms with van der Waals surface area (Å²) in [5.74, 6) is 0.892. The molecule has 2 N–H and O–H groups in total. The Hall–Kier alpha value is -2.14. The fourth-order valence-corrected chi connectivity index (χ4v) is 3.04. The lowest BCUT2D eigenvalue weighted by atomic mass is 9.98. The monoisotopic (exact) mass is 327 g/mol. The Morgan fingerprint density at radius 3 is 2.79 bits per heavy atom. The van der Waals surface area contributed by atoms with Gasteiger partial charge in [0.25, 0.3) is 5.91 Å². The third-order valence-electron chi connectivity index (χ3n) is 4.46. The minimum Gasteiger partial charge on any atom is -0.448 e. The standard InChI is InChI=1S/C19H25N3O2/c23-18(21-11-5-4-8-15-6-2-1-3-7-15)17-14-24-19(22-17)16-9-12-20-13-10-16/h1-3,6-7,14,16,20H,4-5,8-13H2,(H,21,23). The molecule has 1 aliphatic heterocycles. The van der Waals surface area contributed by atoms with Crippen LogP contribution in [-0.4, -0.2) is 30.5 Å². The number of carbonyl (C=O) groups is 1. The molecule has 0 bridgehead atoms. The predicted octanol–water partition coefficient (Wildman–Crippen LogP) is 2.89. The first-order valence-corrected chi connectivity index (χ1v) is 8.81. The summed E-state index contributed by atoms with van der Waals surface area (Å²) in [5, 5.41) is 6.24. The highest BCUT2D eigenvalue weighted by molar-refractivity contribution is 5.91. The van der Waals surface area contributed by atoms with E-state index in [1.54, 1.807) is 0 Å². The number of aryl methyl sites for hydroxylation is 1. The minimum atomic E-state index is -0.140. The number of hydrogen-bond donors (Lipinski definition) is 2. The Morgan fingerprint density at radius 1 is 1.21 bits per heavy atom. The summed E-state index contributed by atoms with van der Waals surface area (Å²) in [7, 11) is 0. The zero-order chi connectivity index (χ0) is 16.6. The Morgan fingerprint density at radius 2 is 2.00 bits per heavy atom. The molecule has 3 rings (SSSR count). The number of hydrogen-bond acceptors (Lipinski definition) is 4. The van der Waals surface area contributed by atoms with Crippen LogP contribution in [0.15, 0.2) is 41.0 Å². The van der Waals surface area contributed by atoms with Gasteiger partial charge in [-0.1, -0.05) is 30.3 Å². The molecule has 5 nitrogen and oxygen atoms in total. The molecule has 1 aliphatic rings. The molecule has 0 aliphatic carbocycles. The van der Waals surface area contributed by atoms with Gasteiger partial charge in [0, 0.05) is 12.5 Å². The van der Waals surface area contributed by atoms with Gasteiger partial charge in [-0.15, -0.1) is 0 Å². The van der Waals surface area contributed by atoms with Gasteiger partial charge >= 0.3 is 0 Å². The van der Waals surface area contributed by atoms with Crippen LogP contribution in [-0.2, 0) is 6.42 Å². The van der Waals surface area contributed by atoms with E-state index in [0.717, 1.165) is 45.2 Å². The lowest BCUT2D eigenvalue weighted by Crippen LogP contribution is -2.27. The van der Waals surface area contributed by atoms with Gasteiger partial charge in [-0.2, -0.15) is 0 Å². The van der Waals surface area contributed by atoms with Gasteiger partial charge in [-0.25, -0.2) is 4.98 Å². The molecule has 0 saturated carbocycles. The largest absolute Gasteiger partial charge is 0.448 e. The average Bonchev–Trinajstić information content (AvgIpc) is 3.13. The average molecular weight is 327 g/mol. The second kappa shape index (κ2) is 8.64. The molecule has 2 aromatic rings. The van der Waals surface area contributed by atoms with E-state index in [0.29, 0.717) is 24.0 Å². The number of carbonyl (C=O) groups excluding carboxylic acids is 1. The van der Waals surface area contributed by atoms with Crippen LogP contribution in [0.5, 0.6) is 0 Å². The first-order chi connectivity index (χ1) is 11.8.